The molecule has 0 N–H and O–H groups in total. The van der Waals surface area contributed by atoms with Crippen molar-refractivity contribution in [1.82, 2.24) is 4.98 Å². The van der Waals surface area contributed by atoms with Crippen LogP contribution in [0.3, 0.4) is 0 Å². The zero-order valence-corrected chi connectivity index (χ0v) is 21.4. The fraction of sp³-hybridized carbons (Fsp3) is 0.133. The van der Waals surface area contributed by atoms with Crippen molar-refractivity contribution in [2.45, 2.75) is 25.9 Å². The number of thiazole rings is 1. The molecule has 7 rings (SSSR count). The molecule has 0 fully saturated rings. The largest absolute Gasteiger partial charge is 0.450 e. The van der Waals surface area contributed by atoms with E-state index in [0.29, 0.717) is 27.4 Å². The Kier molecular flexibility index (Phi) is 4.74. The Morgan fingerprint density at radius 2 is 1.68 bits per heavy atom. The third-order valence-electron chi connectivity index (χ3n) is 7.53. The van der Waals surface area contributed by atoms with Gasteiger partial charge >= 0.3 is 0 Å². The van der Waals surface area contributed by atoms with Gasteiger partial charge in [0.05, 0.1) is 23.2 Å². The molecule has 2 amide bonds. The number of para-hydroxylation sites is 1. The van der Waals surface area contributed by atoms with Gasteiger partial charge < -0.3 is 9.32 Å². The van der Waals surface area contributed by atoms with Crippen LogP contribution in [0.2, 0.25) is 0 Å². The number of benzene rings is 3. The molecule has 5 aromatic rings. The summed E-state index contributed by atoms with van der Waals surface area (Å²) in [7, 11) is 0. The van der Waals surface area contributed by atoms with Crippen molar-refractivity contribution in [3.63, 3.8) is 0 Å². The maximum Gasteiger partial charge on any atom is 0.297 e. The highest BCUT2D eigenvalue weighted by molar-refractivity contribution is 7.13. The molecule has 8 heteroatoms. The fourth-order valence-electron chi connectivity index (χ4n) is 5.67. The minimum Gasteiger partial charge on any atom is -0.450 e. The molecule has 2 aromatic heterocycles. The molecule has 3 aromatic carbocycles. The second kappa shape index (κ2) is 7.97. The van der Waals surface area contributed by atoms with Crippen LogP contribution in [0.25, 0.3) is 11.0 Å². The summed E-state index contributed by atoms with van der Waals surface area (Å²) < 4.78 is 6.18. The van der Waals surface area contributed by atoms with E-state index in [1.807, 2.05) is 68.4 Å². The van der Waals surface area contributed by atoms with Crippen LogP contribution in [-0.4, -0.2) is 16.8 Å². The van der Waals surface area contributed by atoms with Gasteiger partial charge in [0, 0.05) is 17.1 Å². The molecule has 186 valence electrons. The standard InChI is InChI=1S/C30H21N3O4S/c1-17-14-20-23(15-18(17)2)37-26-24(25(20)34)30(33(27(26)35)29-31-12-13-38-29)21-10-6-7-11-22(21)32(28(30)36)16-19-8-4-3-5-9-19/h3-15H,16H2,1-2H3. The van der Waals surface area contributed by atoms with Crippen LogP contribution in [0, 0.1) is 13.8 Å². The molecule has 7 nitrogen and oxygen atoms in total. The zero-order valence-electron chi connectivity index (χ0n) is 20.6. The summed E-state index contributed by atoms with van der Waals surface area (Å²) in [6.45, 7) is 4.12. The minimum absolute atomic E-state index is 0.0430. The lowest BCUT2D eigenvalue weighted by Crippen LogP contribution is -2.53. The van der Waals surface area contributed by atoms with Crippen LogP contribution >= 0.6 is 11.3 Å². The second-order valence-electron chi connectivity index (χ2n) is 9.63. The van der Waals surface area contributed by atoms with Gasteiger partial charge in [0.2, 0.25) is 5.76 Å². The van der Waals surface area contributed by atoms with Crippen LogP contribution in [0.4, 0.5) is 10.8 Å². The average molecular weight is 520 g/mol. The van der Waals surface area contributed by atoms with E-state index in [1.54, 1.807) is 28.6 Å². The van der Waals surface area contributed by atoms with Crippen molar-refractivity contribution in [2.24, 2.45) is 0 Å². The van der Waals surface area contributed by atoms with Gasteiger partial charge in [0.1, 0.15) is 5.58 Å². The molecule has 1 spiro atoms. The first-order valence-corrected chi connectivity index (χ1v) is 13.1. The molecule has 0 saturated carbocycles. The summed E-state index contributed by atoms with van der Waals surface area (Å²) in [5, 5.41) is 2.40. The number of rotatable bonds is 3. The first-order chi connectivity index (χ1) is 18.4. The third-order valence-corrected chi connectivity index (χ3v) is 8.29. The summed E-state index contributed by atoms with van der Waals surface area (Å²) in [4.78, 5) is 50.6. The average Bonchev–Trinajstić information content (AvgIpc) is 3.59. The van der Waals surface area contributed by atoms with Crippen molar-refractivity contribution in [2.75, 3.05) is 9.80 Å². The summed E-state index contributed by atoms with van der Waals surface area (Å²) in [6.07, 6.45) is 1.58. The highest BCUT2D eigenvalue weighted by atomic mass is 32.1. The summed E-state index contributed by atoms with van der Waals surface area (Å²) in [6, 6.07) is 20.5. The molecule has 4 heterocycles. The number of fused-ring (bicyclic) bond motifs is 5. The van der Waals surface area contributed by atoms with E-state index in [2.05, 4.69) is 4.98 Å². The van der Waals surface area contributed by atoms with E-state index in [-0.39, 0.29) is 29.2 Å². The van der Waals surface area contributed by atoms with Crippen LogP contribution in [0.5, 0.6) is 0 Å². The molecule has 0 radical (unpaired) electrons. The number of aromatic nitrogens is 1. The van der Waals surface area contributed by atoms with Crippen LogP contribution in [0.15, 0.2) is 87.5 Å². The Bertz CT molecular complexity index is 1850. The van der Waals surface area contributed by atoms with Crippen LogP contribution in [0.1, 0.15) is 38.4 Å². The van der Waals surface area contributed by atoms with Crippen LogP contribution < -0.4 is 15.2 Å². The molecule has 38 heavy (non-hydrogen) atoms. The number of carbonyl (C=O) groups is 2. The van der Waals surface area contributed by atoms with Gasteiger partial charge in [-0.2, -0.15) is 0 Å². The maximum absolute atomic E-state index is 14.7. The SMILES string of the molecule is Cc1cc2oc3c(c(=O)c2cc1C)C1(C(=O)N(Cc2ccccc2)c2ccccc21)N(c1nccs1)C3=O. The Morgan fingerprint density at radius 1 is 0.947 bits per heavy atom. The van der Waals surface area contributed by atoms with Gasteiger partial charge in [-0.25, -0.2) is 4.98 Å². The van der Waals surface area contributed by atoms with Gasteiger partial charge in [-0.1, -0.05) is 48.5 Å². The van der Waals surface area contributed by atoms with Gasteiger partial charge in [-0.05, 0) is 48.7 Å². The lowest BCUT2D eigenvalue weighted by Gasteiger charge is -2.32. The van der Waals surface area contributed by atoms with E-state index < -0.39 is 11.4 Å². The Balaban J connectivity index is 1.58. The maximum atomic E-state index is 14.7. The van der Waals surface area contributed by atoms with Crippen molar-refractivity contribution < 1.29 is 14.0 Å². The molecular formula is C30H21N3O4S. The lowest BCUT2D eigenvalue weighted by molar-refractivity contribution is -0.121. The zero-order chi connectivity index (χ0) is 26.2. The molecular weight excluding hydrogens is 498 g/mol. The lowest BCUT2D eigenvalue weighted by atomic mass is 9.84. The van der Waals surface area contributed by atoms with Crippen molar-refractivity contribution in [3.05, 3.63) is 122 Å². The van der Waals surface area contributed by atoms with E-state index >= 15 is 0 Å². The molecule has 2 aliphatic rings. The van der Waals surface area contributed by atoms with Gasteiger partial charge in [0.25, 0.3) is 11.8 Å². The summed E-state index contributed by atoms with van der Waals surface area (Å²) >= 11 is 1.23. The predicted octanol–water partition coefficient (Wildman–Crippen LogP) is 5.32. The van der Waals surface area contributed by atoms with E-state index in [9.17, 15) is 14.4 Å². The monoisotopic (exact) mass is 519 g/mol. The molecule has 2 aliphatic heterocycles. The molecule has 0 bridgehead atoms. The number of hydrogen-bond donors (Lipinski definition) is 0. The van der Waals surface area contributed by atoms with Gasteiger partial charge in [-0.3, -0.25) is 19.3 Å². The Hall–Kier alpha value is -4.56. The van der Waals surface area contributed by atoms with E-state index in [0.717, 1.165) is 16.7 Å². The minimum atomic E-state index is -1.73. The molecule has 1 unspecified atom stereocenters. The normalized spacial score (nSPS) is 18.1. The van der Waals surface area contributed by atoms with E-state index in [4.69, 9.17) is 4.42 Å². The highest BCUT2D eigenvalue weighted by Crippen LogP contribution is 2.54. The number of anilines is 2. The molecule has 0 saturated heterocycles. The number of nitrogens with zero attached hydrogens (tertiary/aromatic N) is 3. The number of aryl methyl sites for hydroxylation is 2. The Morgan fingerprint density at radius 3 is 2.45 bits per heavy atom. The first kappa shape index (κ1) is 22.6. The quantitative estimate of drug-likeness (QED) is 0.322. The predicted molar refractivity (Wildman–Crippen MR) is 146 cm³/mol. The second-order valence-corrected chi connectivity index (χ2v) is 10.5. The number of hydrogen-bond acceptors (Lipinski definition) is 6. The van der Waals surface area contributed by atoms with Crippen molar-refractivity contribution in [3.8, 4) is 0 Å². The van der Waals surface area contributed by atoms with Crippen molar-refractivity contribution in [1.29, 1.82) is 0 Å². The topological polar surface area (TPSA) is 83.7 Å². The van der Waals surface area contributed by atoms with E-state index in [1.165, 1.54) is 16.2 Å². The van der Waals surface area contributed by atoms with Crippen LogP contribution in [-0.2, 0) is 16.9 Å². The van der Waals surface area contributed by atoms with Gasteiger partial charge in [0.15, 0.2) is 16.1 Å². The number of carbonyl (C=O) groups excluding carboxylic acids is 2. The number of amides is 2. The fourth-order valence-corrected chi connectivity index (χ4v) is 6.36. The molecule has 1 atom stereocenters. The highest BCUT2D eigenvalue weighted by Gasteiger charge is 2.66. The van der Waals surface area contributed by atoms with Crippen molar-refractivity contribution >= 4 is 44.9 Å². The smallest absolute Gasteiger partial charge is 0.297 e. The van der Waals surface area contributed by atoms with Gasteiger partial charge in [-0.15, -0.1) is 11.3 Å². The summed E-state index contributed by atoms with van der Waals surface area (Å²) in [5.41, 5.74) is 2.22. The third kappa shape index (κ3) is 2.83. The first-order valence-electron chi connectivity index (χ1n) is 12.2. The summed E-state index contributed by atoms with van der Waals surface area (Å²) in [5.74, 6) is -1.07. The molecule has 0 aliphatic carbocycles. The Labute approximate surface area is 221 Å².